The van der Waals surface area contributed by atoms with Crippen LogP contribution in [0, 0.1) is 13.8 Å². The number of nitrogens with two attached hydrogens (primary N) is 1. The molecule has 1 aromatic carbocycles. The number of aromatic nitrogens is 2. The number of anilines is 1. The average Bonchev–Trinajstić information content (AvgIpc) is 2.79. The number of carbonyl (C=O) groups is 1. The van der Waals surface area contributed by atoms with E-state index in [-0.39, 0.29) is 5.97 Å². The summed E-state index contributed by atoms with van der Waals surface area (Å²) in [6, 6.07) is 3.57. The third kappa shape index (κ3) is 3.17. The van der Waals surface area contributed by atoms with Crippen LogP contribution in [-0.2, 0) is 18.2 Å². The van der Waals surface area contributed by atoms with Gasteiger partial charge in [0.2, 0.25) is 0 Å². The minimum absolute atomic E-state index is 0.331. The van der Waals surface area contributed by atoms with Gasteiger partial charge in [0.1, 0.15) is 0 Å². The van der Waals surface area contributed by atoms with Crippen molar-refractivity contribution in [2.45, 2.75) is 20.3 Å². The topological polar surface area (TPSA) is 70.1 Å². The van der Waals surface area contributed by atoms with Gasteiger partial charge in [0.05, 0.1) is 18.4 Å². The highest BCUT2D eigenvalue weighted by molar-refractivity contribution is 5.92. The molecule has 1 heterocycles. The van der Waals surface area contributed by atoms with E-state index in [2.05, 4.69) is 5.10 Å². The van der Waals surface area contributed by atoms with Crippen molar-refractivity contribution in [2.75, 3.05) is 12.3 Å². The van der Waals surface area contributed by atoms with Gasteiger partial charge in [-0.25, -0.2) is 4.79 Å². The highest BCUT2D eigenvalue weighted by Gasteiger charge is 2.12. The smallest absolute Gasteiger partial charge is 0.338 e. The molecule has 5 heteroatoms. The van der Waals surface area contributed by atoms with Crippen LogP contribution in [0.25, 0.3) is 0 Å². The second-order valence-electron chi connectivity index (χ2n) is 4.93. The minimum atomic E-state index is -0.335. The Balaban J connectivity index is 1.97. The lowest BCUT2D eigenvalue weighted by molar-refractivity contribution is 0.0508. The van der Waals surface area contributed by atoms with Gasteiger partial charge in [0.15, 0.2) is 0 Å². The molecule has 0 aliphatic heterocycles. The molecule has 0 saturated carbocycles. The lowest BCUT2D eigenvalue weighted by Gasteiger charge is -2.09. The molecule has 0 aliphatic rings. The highest BCUT2D eigenvalue weighted by Crippen LogP contribution is 2.18. The molecule has 0 saturated heterocycles. The van der Waals surface area contributed by atoms with Gasteiger partial charge in [0.25, 0.3) is 0 Å². The van der Waals surface area contributed by atoms with Crippen molar-refractivity contribution in [3.8, 4) is 0 Å². The Hall–Kier alpha value is -2.30. The SMILES string of the molecule is Cc1cc(C)c(C(=O)OCCc2cnn(C)c2)cc1N. The molecule has 2 rings (SSSR count). The van der Waals surface area contributed by atoms with E-state index in [4.69, 9.17) is 10.5 Å². The molecule has 2 aromatic rings. The Morgan fingerprint density at radius 1 is 1.35 bits per heavy atom. The first-order valence-corrected chi connectivity index (χ1v) is 6.48. The second-order valence-corrected chi connectivity index (χ2v) is 4.93. The van der Waals surface area contributed by atoms with Gasteiger partial charge in [-0.1, -0.05) is 6.07 Å². The summed E-state index contributed by atoms with van der Waals surface area (Å²) in [4.78, 5) is 12.0. The molecule has 0 atom stereocenters. The van der Waals surface area contributed by atoms with E-state index >= 15 is 0 Å². The molecule has 0 spiro atoms. The van der Waals surface area contributed by atoms with E-state index in [1.54, 1.807) is 16.9 Å². The molecule has 0 radical (unpaired) electrons. The van der Waals surface area contributed by atoms with Crippen LogP contribution in [0.2, 0.25) is 0 Å². The summed E-state index contributed by atoms with van der Waals surface area (Å²) >= 11 is 0. The summed E-state index contributed by atoms with van der Waals surface area (Å²) < 4.78 is 7.01. The number of nitrogens with zero attached hydrogens (tertiary/aromatic N) is 2. The number of rotatable bonds is 4. The third-order valence-corrected chi connectivity index (χ3v) is 3.22. The summed E-state index contributed by atoms with van der Waals surface area (Å²) in [6.45, 7) is 4.13. The van der Waals surface area contributed by atoms with Gasteiger partial charge >= 0.3 is 5.97 Å². The first-order chi connectivity index (χ1) is 9.47. The number of nitrogen functional groups attached to an aromatic ring is 1. The Labute approximate surface area is 118 Å². The maximum absolute atomic E-state index is 12.0. The zero-order valence-electron chi connectivity index (χ0n) is 12.0. The number of ether oxygens (including phenoxy) is 1. The van der Waals surface area contributed by atoms with Gasteiger partial charge in [-0.05, 0) is 36.6 Å². The molecule has 1 aromatic heterocycles. The molecule has 0 bridgehead atoms. The van der Waals surface area contributed by atoms with Crippen LogP contribution in [0.3, 0.4) is 0 Å². The molecule has 106 valence electrons. The number of hydrogen-bond acceptors (Lipinski definition) is 4. The van der Waals surface area contributed by atoms with Crippen LogP contribution in [0.15, 0.2) is 24.5 Å². The minimum Gasteiger partial charge on any atom is -0.462 e. The van der Waals surface area contributed by atoms with E-state index < -0.39 is 0 Å². The van der Waals surface area contributed by atoms with Crippen molar-refractivity contribution >= 4 is 11.7 Å². The molecular formula is C15H19N3O2. The van der Waals surface area contributed by atoms with E-state index in [0.717, 1.165) is 16.7 Å². The van der Waals surface area contributed by atoms with Gasteiger partial charge < -0.3 is 10.5 Å². The first-order valence-electron chi connectivity index (χ1n) is 6.48. The van der Waals surface area contributed by atoms with Gasteiger partial charge in [-0.15, -0.1) is 0 Å². The van der Waals surface area contributed by atoms with Crippen LogP contribution < -0.4 is 5.73 Å². The van der Waals surface area contributed by atoms with E-state index in [9.17, 15) is 4.79 Å². The molecule has 0 fully saturated rings. The van der Waals surface area contributed by atoms with Crippen LogP contribution >= 0.6 is 0 Å². The number of carbonyl (C=O) groups excluding carboxylic acids is 1. The van der Waals surface area contributed by atoms with E-state index in [1.807, 2.05) is 33.2 Å². The lowest BCUT2D eigenvalue weighted by Crippen LogP contribution is -2.10. The van der Waals surface area contributed by atoms with Crippen molar-refractivity contribution in [1.82, 2.24) is 9.78 Å². The summed E-state index contributed by atoms with van der Waals surface area (Å²) in [5.41, 5.74) is 9.85. The summed E-state index contributed by atoms with van der Waals surface area (Å²) in [5, 5.41) is 4.07. The maximum atomic E-state index is 12.0. The van der Waals surface area contributed by atoms with Crippen molar-refractivity contribution in [3.05, 3.63) is 46.8 Å². The van der Waals surface area contributed by atoms with Crippen molar-refractivity contribution in [2.24, 2.45) is 7.05 Å². The fourth-order valence-corrected chi connectivity index (χ4v) is 2.03. The molecule has 0 unspecified atom stereocenters. The summed E-state index contributed by atoms with van der Waals surface area (Å²) in [5.74, 6) is -0.335. The van der Waals surface area contributed by atoms with Crippen LogP contribution in [-0.4, -0.2) is 22.4 Å². The fraction of sp³-hybridized carbons (Fsp3) is 0.333. The lowest BCUT2D eigenvalue weighted by atomic mass is 10.0. The first kappa shape index (κ1) is 14.1. The Morgan fingerprint density at radius 3 is 2.75 bits per heavy atom. The maximum Gasteiger partial charge on any atom is 0.338 e. The monoisotopic (exact) mass is 273 g/mol. The summed E-state index contributed by atoms with van der Waals surface area (Å²) in [7, 11) is 1.86. The molecule has 2 N–H and O–H groups in total. The Morgan fingerprint density at radius 2 is 2.10 bits per heavy atom. The van der Waals surface area contributed by atoms with Gasteiger partial charge in [-0.2, -0.15) is 5.10 Å². The number of aryl methyl sites for hydroxylation is 3. The zero-order valence-corrected chi connectivity index (χ0v) is 12.0. The number of hydrogen-bond donors (Lipinski definition) is 1. The van der Waals surface area contributed by atoms with E-state index in [1.165, 1.54) is 0 Å². The Kier molecular flexibility index (Phi) is 4.08. The van der Waals surface area contributed by atoms with Crippen molar-refractivity contribution in [3.63, 3.8) is 0 Å². The molecule has 0 amide bonds. The van der Waals surface area contributed by atoms with Gasteiger partial charge in [-0.3, -0.25) is 4.68 Å². The van der Waals surface area contributed by atoms with Crippen LogP contribution in [0.1, 0.15) is 27.0 Å². The van der Waals surface area contributed by atoms with Crippen molar-refractivity contribution in [1.29, 1.82) is 0 Å². The quantitative estimate of drug-likeness (QED) is 0.683. The summed E-state index contributed by atoms with van der Waals surface area (Å²) in [6.07, 6.45) is 4.33. The standard InChI is InChI=1S/C15H19N3O2/c1-10-6-11(2)14(16)7-13(10)15(19)20-5-4-12-8-17-18(3)9-12/h6-9H,4-5,16H2,1-3H3. The predicted molar refractivity (Wildman–Crippen MR) is 77.5 cm³/mol. The normalized spacial score (nSPS) is 10.6. The number of benzene rings is 1. The van der Waals surface area contributed by atoms with Gasteiger partial charge in [0, 0.05) is 25.4 Å². The number of esters is 1. The highest BCUT2D eigenvalue weighted by atomic mass is 16.5. The molecule has 5 nitrogen and oxygen atoms in total. The van der Waals surface area contributed by atoms with E-state index in [0.29, 0.717) is 24.3 Å². The predicted octanol–water partition coefficient (Wildman–Crippen LogP) is 2.02. The van der Waals surface area contributed by atoms with Crippen LogP contribution in [0.5, 0.6) is 0 Å². The van der Waals surface area contributed by atoms with Crippen LogP contribution in [0.4, 0.5) is 5.69 Å². The Bertz CT molecular complexity index is 632. The molecule has 20 heavy (non-hydrogen) atoms. The molecule has 0 aliphatic carbocycles. The third-order valence-electron chi connectivity index (χ3n) is 3.22. The molecular weight excluding hydrogens is 254 g/mol. The fourth-order valence-electron chi connectivity index (χ4n) is 2.03. The van der Waals surface area contributed by atoms with Crippen molar-refractivity contribution < 1.29 is 9.53 Å². The average molecular weight is 273 g/mol. The second kappa shape index (κ2) is 5.77. The largest absolute Gasteiger partial charge is 0.462 e. The zero-order chi connectivity index (χ0) is 14.7.